The van der Waals surface area contributed by atoms with Crippen LogP contribution in [0.2, 0.25) is 0 Å². The van der Waals surface area contributed by atoms with Crippen molar-refractivity contribution in [3.05, 3.63) is 23.8 Å². The van der Waals surface area contributed by atoms with Crippen LogP contribution in [0.15, 0.2) is 47.6 Å². The molecular formula is C13H10O2S6. The maximum absolute atomic E-state index is 11.5. The molecule has 2 nitrogen and oxygen atoms in total. The number of rotatable bonds is 2. The standard InChI is InChI=1S/C13H10O2S6/c14-13(15)6-4(2-1-3-5(6)16)7-8(17)10(19)12(21)11(20)9(7)18/h1-3,16-21H,(H,14,15). The van der Waals surface area contributed by atoms with Crippen LogP contribution in [0, 0.1) is 0 Å². The van der Waals surface area contributed by atoms with Crippen LogP contribution >= 0.6 is 75.8 Å². The second-order valence-corrected chi connectivity index (χ2v) is 6.84. The van der Waals surface area contributed by atoms with E-state index < -0.39 is 5.97 Å². The van der Waals surface area contributed by atoms with Crippen LogP contribution in [0.5, 0.6) is 0 Å². The Kier molecular flexibility index (Phi) is 5.49. The highest BCUT2D eigenvalue weighted by Crippen LogP contribution is 2.45. The number of aromatic carboxylic acids is 1. The van der Waals surface area contributed by atoms with E-state index in [1.54, 1.807) is 18.2 Å². The average Bonchev–Trinajstić information content (AvgIpc) is 2.43. The minimum absolute atomic E-state index is 0.0822. The first-order chi connectivity index (χ1) is 9.77. The smallest absolute Gasteiger partial charge is 0.337 e. The van der Waals surface area contributed by atoms with E-state index in [0.717, 1.165) is 0 Å². The molecule has 8 heteroatoms. The number of carbonyl (C=O) groups is 1. The second kappa shape index (κ2) is 6.64. The summed E-state index contributed by atoms with van der Waals surface area (Å²) in [5.41, 5.74) is 1.09. The summed E-state index contributed by atoms with van der Waals surface area (Å²) in [6, 6.07) is 5.01. The summed E-state index contributed by atoms with van der Waals surface area (Å²) in [5, 5.41) is 9.43. The molecule has 2 rings (SSSR count). The number of carboxylic acid groups (broad SMARTS) is 1. The van der Waals surface area contributed by atoms with Gasteiger partial charge in [0.15, 0.2) is 0 Å². The third-order valence-corrected chi connectivity index (χ3v) is 6.21. The van der Waals surface area contributed by atoms with E-state index in [2.05, 4.69) is 75.8 Å². The molecule has 0 aliphatic heterocycles. The Morgan fingerprint density at radius 3 is 1.76 bits per heavy atom. The lowest BCUT2D eigenvalue weighted by Crippen LogP contribution is -2.03. The zero-order valence-electron chi connectivity index (χ0n) is 10.3. The maximum atomic E-state index is 11.5. The van der Waals surface area contributed by atoms with Gasteiger partial charge in [0.05, 0.1) is 5.56 Å². The van der Waals surface area contributed by atoms with E-state index in [0.29, 0.717) is 40.5 Å². The van der Waals surface area contributed by atoms with E-state index in [9.17, 15) is 9.90 Å². The molecule has 0 spiro atoms. The van der Waals surface area contributed by atoms with Crippen LogP contribution in [0.1, 0.15) is 10.4 Å². The molecule has 0 aromatic heterocycles. The number of thiol groups is 6. The van der Waals surface area contributed by atoms with E-state index in [1.165, 1.54) is 0 Å². The molecule has 0 fully saturated rings. The van der Waals surface area contributed by atoms with Crippen molar-refractivity contribution in [1.29, 1.82) is 0 Å². The molecule has 0 atom stereocenters. The first-order valence-corrected chi connectivity index (χ1v) is 8.20. The van der Waals surface area contributed by atoms with Crippen LogP contribution < -0.4 is 0 Å². The van der Waals surface area contributed by atoms with Gasteiger partial charge in [0.2, 0.25) is 0 Å². The summed E-state index contributed by atoms with van der Waals surface area (Å²) in [6.07, 6.45) is 0. The molecule has 2 aromatic carbocycles. The highest BCUT2D eigenvalue weighted by atomic mass is 32.1. The Morgan fingerprint density at radius 2 is 1.29 bits per heavy atom. The number of hydrogen-bond acceptors (Lipinski definition) is 7. The molecular weight excluding hydrogens is 381 g/mol. The summed E-state index contributed by atoms with van der Waals surface area (Å²) >= 11 is 26.1. The summed E-state index contributed by atoms with van der Waals surface area (Å²) in [7, 11) is 0. The molecule has 0 amide bonds. The zero-order chi connectivity index (χ0) is 15.9. The lowest BCUT2D eigenvalue weighted by Gasteiger charge is -2.18. The monoisotopic (exact) mass is 390 g/mol. The SMILES string of the molecule is O=C(O)c1c(S)cccc1-c1c(S)c(S)c(S)c(S)c1S. The lowest BCUT2D eigenvalue weighted by atomic mass is 9.99. The summed E-state index contributed by atoms with van der Waals surface area (Å²) in [4.78, 5) is 14.4. The van der Waals surface area contributed by atoms with Crippen molar-refractivity contribution in [3.63, 3.8) is 0 Å². The Balaban J connectivity index is 2.93. The summed E-state index contributed by atoms with van der Waals surface area (Å²) < 4.78 is 0. The van der Waals surface area contributed by atoms with Crippen molar-refractivity contribution in [2.45, 2.75) is 29.4 Å². The Bertz CT molecular complexity index is 728. The molecule has 2 aromatic rings. The van der Waals surface area contributed by atoms with E-state index in [4.69, 9.17) is 0 Å². The van der Waals surface area contributed by atoms with Gasteiger partial charge in [-0.3, -0.25) is 0 Å². The Labute approximate surface area is 155 Å². The van der Waals surface area contributed by atoms with E-state index in [1.807, 2.05) is 0 Å². The van der Waals surface area contributed by atoms with Gasteiger partial charge in [-0.15, -0.1) is 75.8 Å². The fraction of sp³-hybridized carbons (Fsp3) is 0. The molecule has 21 heavy (non-hydrogen) atoms. The van der Waals surface area contributed by atoms with Crippen molar-refractivity contribution >= 4 is 81.7 Å². The van der Waals surface area contributed by atoms with Gasteiger partial charge in [-0.25, -0.2) is 4.79 Å². The first-order valence-electron chi connectivity index (χ1n) is 5.51. The van der Waals surface area contributed by atoms with Crippen molar-refractivity contribution in [3.8, 4) is 11.1 Å². The lowest BCUT2D eigenvalue weighted by molar-refractivity contribution is 0.0694. The third-order valence-electron chi connectivity index (χ3n) is 2.90. The van der Waals surface area contributed by atoms with Crippen molar-refractivity contribution in [1.82, 2.24) is 0 Å². The molecule has 1 N–H and O–H groups in total. The molecule has 0 saturated heterocycles. The third kappa shape index (κ3) is 3.07. The fourth-order valence-corrected chi connectivity index (χ4v) is 3.93. The molecule has 0 heterocycles. The van der Waals surface area contributed by atoms with Crippen LogP contribution in [0.3, 0.4) is 0 Å². The Morgan fingerprint density at radius 1 is 0.810 bits per heavy atom. The topological polar surface area (TPSA) is 37.3 Å². The summed E-state index contributed by atoms with van der Waals surface area (Å²) in [5.74, 6) is -1.08. The molecule has 110 valence electrons. The predicted octanol–water partition coefficient (Wildman–Crippen LogP) is 4.78. The van der Waals surface area contributed by atoms with Crippen LogP contribution in [0.25, 0.3) is 11.1 Å². The van der Waals surface area contributed by atoms with Gasteiger partial charge >= 0.3 is 5.97 Å². The van der Waals surface area contributed by atoms with Gasteiger partial charge in [-0.05, 0) is 11.6 Å². The molecule has 0 radical (unpaired) electrons. The normalized spacial score (nSPS) is 10.8. The largest absolute Gasteiger partial charge is 0.478 e. The highest BCUT2D eigenvalue weighted by Gasteiger charge is 2.22. The van der Waals surface area contributed by atoms with Gasteiger partial charge < -0.3 is 5.11 Å². The minimum Gasteiger partial charge on any atom is -0.478 e. The van der Waals surface area contributed by atoms with E-state index in [-0.39, 0.29) is 5.56 Å². The predicted molar refractivity (Wildman–Crippen MR) is 102 cm³/mol. The van der Waals surface area contributed by atoms with E-state index >= 15 is 0 Å². The average molecular weight is 391 g/mol. The van der Waals surface area contributed by atoms with Gasteiger partial charge in [0.25, 0.3) is 0 Å². The maximum Gasteiger partial charge on any atom is 0.337 e. The second-order valence-electron chi connectivity index (χ2n) is 4.12. The van der Waals surface area contributed by atoms with Crippen molar-refractivity contribution in [2.75, 3.05) is 0 Å². The highest BCUT2D eigenvalue weighted by molar-refractivity contribution is 7.87. The molecule has 0 aliphatic carbocycles. The summed E-state index contributed by atoms with van der Waals surface area (Å²) in [6.45, 7) is 0. The van der Waals surface area contributed by atoms with Crippen molar-refractivity contribution in [2.24, 2.45) is 0 Å². The molecule has 0 aliphatic rings. The minimum atomic E-state index is -1.08. The zero-order valence-corrected chi connectivity index (χ0v) is 15.6. The van der Waals surface area contributed by atoms with Gasteiger partial charge in [-0.2, -0.15) is 0 Å². The van der Waals surface area contributed by atoms with Gasteiger partial charge in [-0.1, -0.05) is 12.1 Å². The van der Waals surface area contributed by atoms with Crippen LogP contribution in [0.4, 0.5) is 0 Å². The fourth-order valence-electron chi connectivity index (χ4n) is 1.91. The molecule has 0 bridgehead atoms. The number of benzene rings is 2. The van der Waals surface area contributed by atoms with Crippen LogP contribution in [-0.4, -0.2) is 11.1 Å². The van der Waals surface area contributed by atoms with Crippen molar-refractivity contribution < 1.29 is 9.90 Å². The van der Waals surface area contributed by atoms with Gasteiger partial charge in [0, 0.05) is 34.9 Å². The number of carboxylic acids is 1. The quantitative estimate of drug-likeness (QED) is 0.377. The first kappa shape index (κ1) is 17.4. The van der Waals surface area contributed by atoms with Gasteiger partial charge in [0.1, 0.15) is 0 Å². The number of hydrogen-bond donors (Lipinski definition) is 7. The Hall–Kier alpha value is 0.01000. The van der Waals surface area contributed by atoms with Crippen LogP contribution in [-0.2, 0) is 0 Å². The molecule has 0 unspecified atom stereocenters. The molecule has 0 saturated carbocycles.